The largest absolute Gasteiger partial charge is 0.447 e. The van der Waals surface area contributed by atoms with Crippen LogP contribution in [0.5, 0.6) is 5.75 Å². The van der Waals surface area contributed by atoms with E-state index in [4.69, 9.17) is 4.74 Å². The molecule has 0 atom stereocenters. The monoisotopic (exact) mass is 469 g/mol. The lowest BCUT2D eigenvalue weighted by molar-refractivity contribution is -0.0497. The molecule has 3 aromatic rings. The first kappa shape index (κ1) is 25.0. The van der Waals surface area contributed by atoms with Crippen LogP contribution in [0.4, 0.5) is 19.3 Å². The van der Waals surface area contributed by atoms with Crippen molar-refractivity contribution in [1.82, 2.24) is 4.57 Å². The molecule has 0 aliphatic heterocycles. The Morgan fingerprint density at radius 1 is 1.21 bits per heavy atom. The number of aromatic nitrogens is 1. The molecule has 4 rings (SSSR count). The van der Waals surface area contributed by atoms with Gasteiger partial charge in [-0.1, -0.05) is 31.9 Å². The van der Waals surface area contributed by atoms with Crippen LogP contribution in [0, 0.1) is 17.2 Å². The minimum Gasteiger partial charge on any atom is -0.447 e. The minimum absolute atomic E-state index is 0.0314. The molecule has 0 unspecified atom stereocenters. The lowest BCUT2D eigenvalue weighted by atomic mass is 10.1. The van der Waals surface area contributed by atoms with Gasteiger partial charge in [-0.25, -0.2) is 4.79 Å². The number of anilines is 1. The van der Waals surface area contributed by atoms with Crippen molar-refractivity contribution >= 4 is 22.7 Å². The Hall–Kier alpha value is -3.60. The van der Waals surface area contributed by atoms with Crippen molar-refractivity contribution in [3.8, 4) is 23.1 Å². The summed E-state index contributed by atoms with van der Waals surface area (Å²) in [7, 11) is 0. The Morgan fingerprint density at radius 3 is 2.35 bits per heavy atom. The molecular weight excluding hydrogens is 440 g/mol. The van der Waals surface area contributed by atoms with E-state index < -0.39 is 12.7 Å². The van der Waals surface area contributed by atoms with Gasteiger partial charge in [0.25, 0.3) is 0 Å². The van der Waals surface area contributed by atoms with Crippen molar-refractivity contribution in [1.29, 1.82) is 5.26 Å². The number of halogens is 2. The Labute approximate surface area is 198 Å². The third-order valence-electron chi connectivity index (χ3n) is 5.30. The molecule has 1 aliphatic rings. The lowest BCUT2D eigenvalue weighted by Crippen LogP contribution is -2.17. The lowest BCUT2D eigenvalue weighted by Gasteiger charge is -2.12. The zero-order valence-electron chi connectivity index (χ0n) is 19.8. The molecule has 0 saturated heterocycles. The number of alkyl halides is 2. The van der Waals surface area contributed by atoms with Gasteiger partial charge in [0.15, 0.2) is 0 Å². The maximum absolute atomic E-state index is 12.6. The number of hydrogen-bond donors (Lipinski definition) is 1. The molecule has 1 amide bonds. The summed E-state index contributed by atoms with van der Waals surface area (Å²) < 4.78 is 36.6. The summed E-state index contributed by atoms with van der Waals surface area (Å²) in [6.45, 7) is 5.29. The molecule has 0 spiro atoms. The van der Waals surface area contributed by atoms with Gasteiger partial charge in [-0.2, -0.15) is 14.0 Å². The molecule has 6 nitrogen and oxygen atoms in total. The number of nitrogens with zero attached hydrogens (tertiary/aromatic N) is 2. The maximum atomic E-state index is 12.6. The van der Waals surface area contributed by atoms with Gasteiger partial charge in [-0.3, -0.25) is 5.32 Å². The number of nitriles is 1. The molecule has 1 aromatic heterocycles. The maximum Gasteiger partial charge on any atom is 0.411 e. The zero-order valence-corrected chi connectivity index (χ0v) is 19.8. The first-order chi connectivity index (χ1) is 16.2. The standard InChI is InChI=1S/C22H21F2N3O3.C4H8/c1-4-27-19-11-16(30-21(23)24)9-10-17(19)18(12-25)20(27)14-5-7-15(8-6-14)26-22(28)29-13(2)3;1-4-2-3-4/h5-11,13,21H,4H2,1-3H3,(H,26,28);4H,2-3H2,1H3. The Bertz CT molecular complexity index is 1180. The van der Waals surface area contributed by atoms with Crippen LogP contribution in [0.2, 0.25) is 0 Å². The smallest absolute Gasteiger partial charge is 0.411 e. The molecule has 1 saturated carbocycles. The second-order valence-corrected chi connectivity index (χ2v) is 8.48. The summed E-state index contributed by atoms with van der Waals surface area (Å²) in [5.41, 5.74) is 3.04. The van der Waals surface area contributed by atoms with E-state index in [9.17, 15) is 18.8 Å². The fourth-order valence-electron chi connectivity index (χ4n) is 3.49. The molecule has 1 heterocycles. The van der Waals surface area contributed by atoms with E-state index in [0.29, 0.717) is 34.4 Å². The summed E-state index contributed by atoms with van der Waals surface area (Å²) in [6.07, 6.45) is 2.19. The number of rotatable bonds is 6. The highest BCUT2D eigenvalue weighted by molar-refractivity contribution is 5.95. The van der Waals surface area contributed by atoms with Crippen molar-refractivity contribution < 1.29 is 23.0 Å². The SMILES string of the molecule is CC1CC1.CCn1c(-c2ccc(NC(=O)OC(C)C)cc2)c(C#N)c2ccc(OC(F)F)cc21. The van der Waals surface area contributed by atoms with Crippen LogP contribution in [0.1, 0.15) is 46.1 Å². The van der Waals surface area contributed by atoms with Gasteiger partial charge < -0.3 is 14.0 Å². The highest BCUT2D eigenvalue weighted by Crippen LogP contribution is 2.36. The van der Waals surface area contributed by atoms with Crippen LogP contribution in [0.15, 0.2) is 42.5 Å². The molecule has 0 radical (unpaired) electrons. The number of aryl methyl sites for hydroxylation is 1. The average molecular weight is 470 g/mol. The number of benzene rings is 2. The first-order valence-corrected chi connectivity index (χ1v) is 11.3. The number of nitrogens with one attached hydrogen (secondary N) is 1. The fraction of sp³-hybridized carbons (Fsp3) is 0.385. The number of hydrogen-bond acceptors (Lipinski definition) is 4. The molecule has 2 aromatic carbocycles. The molecule has 180 valence electrons. The molecule has 1 fully saturated rings. The topological polar surface area (TPSA) is 76.3 Å². The number of carbonyl (C=O) groups excluding carboxylic acids is 1. The van der Waals surface area contributed by atoms with Gasteiger partial charge in [-0.15, -0.1) is 0 Å². The minimum atomic E-state index is -2.93. The quantitative estimate of drug-likeness (QED) is 0.415. The second kappa shape index (κ2) is 11.0. The molecule has 8 heteroatoms. The van der Waals surface area contributed by atoms with E-state index in [1.807, 2.05) is 11.5 Å². The Morgan fingerprint density at radius 2 is 1.85 bits per heavy atom. The third kappa shape index (κ3) is 6.25. The molecule has 1 aliphatic carbocycles. The van der Waals surface area contributed by atoms with Crippen LogP contribution in [0.3, 0.4) is 0 Å². The van der Waals surface area contributed by atoms with E-state index in [0.717, 1.165) is 11.5 Å². The highest BCUT2D eigenvalue weighted by Gasteiger charge is 2.19. The second-order valence-electron chi connectivity index (χ2n) is 8.48. The summed E-state index contributed by atoms with van der Waals surface area (Å²) in [4.78, 5) is 11.8. The van der Waals surface area contributed by atoms with Crippen LogP contribution in [-0.2, 0) is 11.3 Å². The number of amides is 1. The Kier molecular flexibility index (Phi) is 8.11. The fourth-order valence-corrected chi connectivity index (χ4v) is 3.49. The van der Waals surface area contributed by atoms with Crippen LogP contribution >= 0.6 is 0 Å². The van der Waals surface area contributed by atoms with Crippen molar-refractivity contribution in [2.45, 2.75) is 59.8 Å². The van der Waals surface area contributed by atoms with Crippen molar-refractivity contribution in [3.05, 3.63) is 48.0 Å². The van der Waals surface area contributed by atoms with Gasteiger partial charge >= 0.3 is 12.7 Å². The van der Waals surface area contributed by atoms with Gasteiger partial charge in [0.2, 0.25) is 0 Å². The first-order valence-electron chi connectivity index (χ1n) is 11.3. The van der Waals surface area contributed by atoms with Crippen LogP contribution in [-0.4, -0.2) is 23.4 Å². The van der Waals surface area contributed by atoms with Crippen molar-refractivity contribution in [2.75, 3.05) is 5.32 Å². The normalized spacial score (nSPS) is 12.8. The average Bonchev–Trinajstić information content (AvgIpc) is 3.49. The molecule has 1 N–H and O–H groups in total. The summed E-state index contributed by atoms with van der Waals surface area (Å²) >= 11 is 0. The van der Waals surface area contributed by atoms with Crippen LogP contribution < -0.4 is 10.1 Å². The molecule has 34 heavy (non-hydrogen) atoms. The predicted molar refractivity (Wildman–Crippen MR) is 128 cm³/mol. The van der Waals surface area contributed by atoms with E-state index in [2.05, 4.69) is 23.0 Å². The van der Waals surface area contributed by atoms with Gasteiger partial charge in [0, 0.05) is 23.7 Å². The van der Waals surface area contributed by atoms with Gasteiger partial charge in [-0.05, 0) is 56.5 Å². The van der Waals surface area contributed by atoms with Crippen molar-refractivity contribution in [3.63, 3.8) is 0 Å². The summed E-state index contributed by atoms with van der Waals surface area (Å²) in [6, 6.07) is 13.7. The van der Waals surface area contributed by atoms with E-state index in [1.165, 1.54) is 25.0 Å². The third-order valence-corrected chi connectivity index (χ3v) is 5.30. The summed E-state index contributed by atoms with van der Waals surface area (Å²) in [5, 5.41) is 13.1. The van der Waals surface area contributed by atoms with Crippen molar-refractivity contribution in [2.24, 2.45) is 5.92 Å². The Balaban J connectivity index is 0.000000732. The zero-order chi connectivity index (χ0) is 24.8. The molecule has 0 bridgehead atoms. The predicted octanol–water partition coefficient (Wildman–Crippen LogP) is 7.17. The van der Waals surface area contributed by atoms with E-state index in [1.54, 1.807) is 44.2 Å². The van der Waals surface area contributed by atoms with E-state index >= 15 is 0 Å². The van der Waals surface area contributed by atoms with Crippen LogP contribution in [0.25, 0.3) is 22.2 Å². The van der Waals surface area contributed by atoms with Gasteiger partial charge in [0.1, 0.15) is 11.8 Å². The summed E-state index contributed by atoms with van der Waals surface area (Å²) in [5.74, 6) is 1.11. The number of ether oxygens (including phenoxy) is 2. The number of carbonyl (C=O) groups is 1. The number of fused-ring (bicyclic) bond motifs is 1. The van der Waals surface area contributed by atoms with E-state index in [-0.39, 0.29) is 11.9 Å². The van der Waals surface area contributed by atoms with Gasteiger partial charge in [0.05, 0.1) is 22.9 Å². The molecular formula is C26H29F2N3O3. The highest BCUT2D eigenvalue weighted by atomic mass is 19.3.